The normalized spacial score (nSPS) is 11.0. The van der Waals surface area contributed by atoms with E-state index in [2.05, 4.69) is 48.3 Å². The number of amides is 1. The van der Waals surface area contributed by atoms with Crippen LogP contribution >= 0.6 is 11.5 Å². The largest absolute Gasteiger partial charge is 0.323 e. The van der Waals surface area contributed by atoms with E-state index in [0.717, 1.165) is 34.2 Å². The minimum atomic E-state index is -0.266. The summed E-state index contributed by atoms with van der Waals surface area (Å²) < 4.78 is 6.70. The summed E-state index contributed by atoms with van der Waals surface area (Å²) in [6.45, 7) is 9.71. The number of aromatic nitrogens is 2. The number of fused-ring (bicyclic) bond motifs is 1. The second-order valence-corrected chi connectivity index (χ2v) is 8.82. The molecule has 5 nitrogen and oxygen atoms in total. The summed E-state index contributed by atoms with van der Waals surface area (Å²) in [6.07, 6.45) is 3.86. The zero-order valence-corrected chi connectivity index (χ0v) is 19.5. The Kier molecular flexibility index (Phi) is 5.80. The van der Waals surface area contributed by atoms with Crippen LogP contribution in [0.4, 0.5) is 5.69 Å². The second kappa shape index (κ2) is 8.55. The summed E-state index contributed by atoms with van der Waals surface area (Å²) in [4.78, 5) is 24.6. The second-order valence-electron chi connectivity index (χ2n) is 8.04. The lowest BCUT2D eigenvalue weighted by Crippen LogP contribution is -2.15. The van der Waals surface area contributed by atoms with Crippen LogP contribution in [-0.4, -0.2) is 14.8 Å². The Morgan fingerprint density at radius 3 is 2.56 bits per heavy atom. The van der Waals surface area contributed by atoms with E-state index in [1.165, 1.54) is 34.3 Å². The number of hydrogen-bond donors (Lipinski definition) is 1. The van der Waals surface area contributed by atoms with Gasteiger partial charge in [-0.15, -0.1) is 0 Å². The summed E-state index contributed by atoms with van der Waals surface area (Å²) >= 11 is 1.23. The minimum absolute atomic E-state index is 0.0539. The molecular formula is C26H25N3O2S. The summed E-state index contributed by atoms with van der Waals surface area (Å²) in [5.41, 5.74) is 8.22. The number of benzene rings is 2. The molecular weight excluding hydrogens is 418 g/mol. The monoisotopic (exact) mass is 443 g/mol. The fourth-order valence-electron chi connectivity index (χ4n) is 4.08. The topological polar surface area (TPSA) is 64.0 Å². The highest BCUT2D eigenvalue weighted by Gasteiger charge is 2.18. The van der Waals surface area contributed by atoms with E-state index in [1.54, 1.807) is 11.6 Å². The number of nitrogens with zero attached hydrogens (tertiary/aromatic N) is 2. The first kappa shape index (κ1) is 21.7. The van der Waals surface area contributed by atoms with Crippen LogP contribution in [0.3, 0.4) is 0 Å². The first-order valence-electron chi connectivity index (χ1n) is 10.4. The van der Waals surface area contributed by atoms with Gasteiger partial charge in [-0.05, 0) is 84.8 Å². The zero-order valence-electron chi connectivity index (χ0n) is 18.7. The fourth-order valence-corrected chi connectivity index (χ4v) is 4.98. The van der Waals surface area contributed by atoms with Crippen molar-refractivity contribution in [3.8, 4) is 11.1 Å². The molecule has 32 heavy (non-hydrogen) atoms. The van der Waals surface area contributed by atoms with E-state index in [1.807, 2.05) is 31.3 Å². The average molecular weight is 444 g/mol. The van der Waals surface area contributed by atoms with Crippen molar-refractivity contribution < 1.29 is 4.79 Å². The number of aryl methyl sites for hydroxylation is 4. The molecule has 0 saturated carbocycles. The third kappa shape index (κ3) is 3.89. The van der Waals surface area contributed by atoms with Crippen LogP contribution in [0.25, 0.3) is 21.2 Å². The highest BCUT2D eigenvalue weighted by Crippen LogP contribution is 2.36. The van der Waals surface area contributed by atoms with Crippen molar-refractivity contribution in [2.75, 3.05) is 5.32 Å². The molecule has 0 aliphatic carbocycles. The van der Waals surface area contributed by atoms with Crippen LogP contribution in [0.15, 0.2) is 60.0 Å². The molecule has 4 aromatic rings. The first-order valence-corrected chi connectivity index (χ1v) is 11.1. The van der Waals surface area contributed by atoms with Gasteiger partial charge < -0.3 is 9.88 Å². The van der Waals surface area contributed by atoms with Crippen molar-refractivity contribution in [1.29, 1.82) is 0 Å². The number of hydrogen-bond acceptors (Lipinski definition) is 4. The van der Waals surface area contributed by atoms with Gasteiger partial charge in [0.05, 0.1) is 5.69 Å². The summed E-state index contributed by atoms with van der Waals surface area (Å²) in [7, 11) is 1.76. The maximum Gasteiger partial charge on any atom is 0.269 e. The van der Waals surface area contributed by atoms with Crippen molar-refractivity contribution >= 4 is 33.2 Å². The number of rotatable bonds is 5. The molecule has 0 atom stereocenters. The van der Waals surface area contributed by atoms with Gasteiger partial charge in [0.15, 0.2) is 0 Å². The maximum absolute atomic E-state index is 12.7. The van der Waals surface area contributed by atoms with Gasteiger partial charge in [-0.2, -0.15) is 4.37 Å². The molecule has 0 fully saturated rings. The minimum Gasteiger partial charge on any atom is -0.323 e. The Bertz CT molecular complexity index is 1410. The van der Waals surface area contributed by atoms with Gasteiger partial charge in [0.1, 0.15) is 4.70 Å². The van der Waals surface area contributed by atoms with E-state index < -0.39 is 0 Å². The molecule has 0 aliphatic rings. The van der Waals surface area contributed by atoms with Crippen molar-refractivity contribution in [1.82, 2.24) is 8.94 Å². The number of carbonyl (C=O) groups excluding carboxylic acids is 1. The number of nitrogens with one attached hydrogen (secondary N) is 1. The van der Waals surface area contributed by atoms with Crippen LogP contribution in [0.5, 0.6) is 0 Å². The van der Waals surface area contributed by atoms with Crippen molar-refractivity contribution in [3.05, 3.63) is 93.6 Å². The van der Waals surface area contributed by atoms with E-state index in [4.69, 9.17) is 0 Å². The Balaban J connectivity index is 1.98. The molecule has 0 unspecified atom stereocenters. The Morgan fingerprint density at radius 1 is 1.16 bits per heavy atom. The smallest absolute Gasteiger partial charge is 0.269 e. The lowest BCUT2D eigenvalue weighted by Gasteiger charge is -2.17. The standard InChI is InChI=1S/C26H25N3O2S/c1-6-23(30)27-19-11-10-18(12-20-15(2)8-7-9-16(20)3)21(13-19)22-14-29(5)26(31)25-24(22)17(4)28-32-25/h6-11,13-14H,1,12H2,2-5H3,(H,27,30). The van der Waals surface area contributed by atoms with Crippen molar-refractivity contribution in [3.63, 3.8) is 0 Å². The predicted octanol–water partition coefficient (Wildman–Crippen LogP) is 5.30. The third-order valence-corrected chi connectivity index (χ3v) is 6.76. The quantitative estimate of drug-likeness (QED) is 0.426. The summed E-state index contributed by atoms with van der Waals surface area (Å²) in [5.74, 6) is -0.266. The van der Waals surface area contributed by atoms with Crippen molar-refractivity contribution in [2.45, 2.75) is 27.2 Å². The SMILES string of the molecule is C=CC(=O)Nc1ccc(Cc2c(C)cccc2C)c(-c2cn(C)c(=O)c3snc(C)c23)c1. The van der Waals surface area contributed by atoms with Gasteiger partial charge >= 0.3 is 0 Å². The third-order valence-electron chi connectivity index (χ3n) is 5.83. The molecule has 0 bridgehead atoms. The molecule has 162 valence electrons. The highest BCUT2D eigenvalue weighted by atomic mass is 32.1. The van der Waals surface area contributed by atoms with Gasteiger partial charge in [0, 0.05) is 29.9 Å². The molecule has 0 spiro atoms. The summed E-state index contributed by atoms with van der Waals surface area (Å²) in [5, 5.41) is 3.73. The lowest BCUT2D eigenvalue weighted by atomic mass is 9.90. The molecule has 1 amide bonds. The van der Waals surface area contributed by atoms with Crippen LogP contribution in [0.1, 0.15) is 27.9 Å². The molecule has 0 saturated heterocycles. The van der Waals surface area contributed by atoms with E-state index in [9.17, 15) is 9.59 Å². The predicted molar refractivity (Wildman–Crippen MR) is 133 cm³/mol. The van der Waals surface area contributed by atoms with E-state index in [-0.39, 0.29) is 11.5 Å². The van der Waals surface area contributed by atoms with Gasteiger partial charge in [0.2, 0.25) is 5.91 Å². The fraction of sp³-hybridized carbons (Fsp3) is 0.192. The van der Waals surface area contributed by atoms with E-state index >= 15 is 0 Å². The Morgan fingerprint density at radius 2 is 1.88 bits per heavy atom. The van der Waals surface area contributed by atoms with Crippen LogP contribution in [0, 0.1) is 20.8 Å². The Labute approximate surface area is 191 Å². The van der Waals surface area contributed by atoms with Gasteiger partial charge in [-0.3, -0.25) is 9.59 Å². The number of pyridine rings is 1. The van der Waals surface area contributed by atoms with Crippen LogP contribution < -0.4 is 10.9 Å². The first-order chi connectivity index (χ1) is 15.3. The molecule has 2 aromatic carbocycles. The molecule has 1 N–H and O–H groups in total. The average Bonchev–Trinajstić information content (AvgIpc) is 3.16. The number of carbonyl (C=O) groups is 1. The molecule has 0 radical (unpaired) electrons. The molecule has 4 rings (SSSR count). The molecule has 0 aliphatic heterocycles. The molecule has 2 aromatic heterocycles. The maximum atomic E-state index is 12.7. The molecule has 6 heteroatoms. The zero-order chi connectivity index (χ0) is 23.0. The van der Waals surface area contributed by atoms with Gasteiger partial charge in [-0.25, -0.2) is 0 Å². The van der Waals surface area contributed by atoms with Gasteiger partial charge in [0.25, 0.3) is 5.56 Å². The number of anilines is 1. The van der Waals surface area contributed by atoms with E-state index in [0.29, 0.717) is 10.4 Å². The van der Waals surface area contributed by atoms with Crippen LogP contribution in [-0.2, 0) is 18.3 Å². The van der Waals surface area contributed by atoms with Crippen LogP contribution in [0.2, 0.25) is 0 Å². The molecule has 2 heterocycles. The summed E-state index contributed by atoms with van der Waals surface area (Å²) in [6, 6.07) is 12.2. The van der Waals surface area contributed by atoms with Crippen molar-refractivity contribution in [2.24, 2.45) is 7.05 Å². The van der Waals surface area contributed by atoms with Gasteiger partial charge in [-0.1, -0.05) is 30.8 Å². The Hall–Kier alpha value is -3.51. The highest BCUT2D eigenvalue weighted by molar-refractivity contribution is 7.13. The lowest BCUT2D eigenvalue weighted by molar-refractivity contribution is -0.111.